The van der Waals surface area contributed by atoms with Gasteiger partial charge in [0.05, 0.1) is 0 Å². The third kappa shape index (κ3) is 6.02. The van der Waals surface area contributed by atoms with Crippen LogP contribution >= 0.6 is 0 Å². The summed E-state index contributed by atoms with van der Waals surface area (Å²) in [6.45, 7) is 4.11. The van der Waals surface area contributed by atoms with Crippen LogP contribution in [0.2, 0.25) is 0 Å². The van der Waals surface area contributed by atoms with Crippen molar-refractivity contribution in [2.45, 2.75) is 13.8 Å². The van der Waals surface area contributed by atoms with Crippen molar-refractivity contribution >= 4 is 87.6 Å². The SMILES string of the molecule is C.C=Cc1ccc(-c2ccc3ccc4ccccc4c3c2)cc1/C=C\Cc1ccc2cc(-c3ccc4ccc5c(ccc6c7ccccc7ccc65)c4c3)ccc2c1. The van der Waals surface area contributed by atoms with Crippen LogP contribution < -0.4 is 0 Å². The Kier molecular flexibility index (Phi) is 8.69. The van der Waals surface area contributed by atoms with Crippen LogP contribution in [0.15, 0.2) is 201 Å². The van der Waals surface area contributed by atoms with Gasteiger partial charge in [0.25, 0.3) is 0 Å². The minimum absolute atomic E-state index is 0. The second kappa shape index (κ2) is 14.3. The summed E-state index contributed by atoms with van der Waals surface area (Å²) in [6.07, 6.45) is 7.33. The lowest BCUT2D eigenvalue weighted by Gasteiger charge is -2.12. The molecule has 0 bridgehead atoms. The van der Waals surface area contributed by atoms with Crippen LogP contribution in [0.4, 0.5) is 0 Å². The topological polar surface area (TPSA) is 0 Å². The molecule has 11 aromatic carbocycles. The first kappa shape index (κ1) is 35.2. The van der Waals surface area contributed by atoms with Crippen molar-refractivity contribution in [3.8, 4) is 22.3 Å². The molecule has 0 aliphatic heterocycles. The zero-order valence-electron chi connectivity index (χ0n) is 31.5. The molecule has 0 aromatic heterocycles. The minimum Gasteiger partial charge on any atom is -0.0984 e. The van der Waals surface area contributed by atoms with Gasteiger partial charge >= 0.3 is 0 Å². The Morgan fingerprint density at radius 3 is 1.43 bits per heavy atom. The summed E-state index contributed by atoms with van der Waals surface area (Å²) in [5.41, 5.74) is 8.50. The van der Waals surface area contributed by atoms with Crippen LogP contribution in [0.1, 0.15) is 24.1 Å². The molecular weight excluding hydrogens is 697 g/mol. The molecule has 11 rings (SSSR count). The van der Waals surface area contributed by atoms with E-state index < -0.39 is 0 Å². The molecular formula is C58H42. The normalized spacial score (nSPS) is 11.7. The molecule has 0 saturated carbocycles. The average molecular weight is 739 g/mol. The van der Waals surface area contributed by atoms with Crippen molar-refractivity contribution in [3.63, 3.8) is 0 Å². The highest BCUT2D eigenvalue weighted by Crippen LogP contribution is 2.37. The Bertz CT molecular complexity index is 3450. The van der Waals surface area contributed by atoms with Crippen molar-refractivity contribution in [3.05, 3.63) is 217 Å². The summed E-state index contributed by atoms with van der Waals surface area (Å²) >= 11 is 0. The van der Waals surface area contributed by atoms with Crippen molar-refractivity contribution < 1.29 is 0 Å². The number of hydrogen-bond acceptors (Lipinski definition) is 0. The highest BCUT2D eigenvalue weighted by atomic mass is 14.1. The Morgan fingerprint density at radius 2 is 0.759 bits per heavy atom. The van der Waals surface area contributed by atoms with E-state index in [-0.39, 0.29) is 7.43 Å². The lowest BCUT2D eigenvalue weighted by Crippen LogP contribution is -1.87. The lowest BCUT2D eigenvalue weighted by molar-refractivity contribution is 1.29. The smallest absolute Gasteiger partial charge is 0.00939 e. The number of hydrogen-bond donors (Lipinski definition) is 0. The standard InChI is InChI=1S/C57H38.CH4/c1-2-38-16-21-46(48-22-19-41-18-17-39-9-4-6-13-51(39)56(41)35-48)33-43(38)11-7-8-37-14-15-45-34-47(25-24-44(45)32-37)49-23-20-42-27-29-54-53-28-26-40-10-3-5-12-50(40)52(53)30-31-55(54)57(42)36-49;/h2-7,9-36H,1,8H2;1H4/b11-7-;. The lowest BCUT2D eigenvalue weighted by atomic mass is 9.92. The van der Waals surface area contributed by atoms with E-state index in [1.54, 1.807) is 0 Å². The summed E-state index contributed by atoms with van der Waals surface area (Å²) in [4.78, 5) is 0. The van der Waals surface area contributed by atoms with Gasteiger partial charge in [0, 0.05) is 0 Å². The van der Waals surface area contributed by atoms with Crippen LogP contribution in [0, 0.1) is 0 Å². The number of fused-ring (bicyclic) bond motifs is 11. The predicted octanol–water partition coefficient (Wildman–Crippen LogP) is 16.6. The fraction of sp³-hybridized carbons (Fsp3) is 0.0345. The van der Waals surface area contributed by atoms with Gasteiger partial charge in [0.2, 0.25) is 0 Å². The van der Waals surface area contributed by atoms with E-state index in [4.69, 9.17) is 0 Å². The molecule has 0 N–H and O–H groups in total. The van der Waals surface area contributed by atoms with Crippen LogP contribution in [0.5, 0.6) is 0 Å². The second-order valence-corrected chi connectivity index (χ2v) is 15.3. The number of benzene rings is 11. The summed E-state index contributed by atoms with van der Waals surface area (Å²) in [5.74, 6) is 0. The van der Waals surface area contributed by atoms with E-state index in [0.29, 0.717) is 0 Å². The van der Waals surface area contributed by atoms with Crippen molar-refractivity contribution in [1.82, 2.24) is 0 Å². The van der Waals surface area contributed by atoms with Gasteiger partial charge in [-0.2, -0.15) is 0 Å². The Morgan fingerprint density at radius 1 is 0.328 bits per heavy atom. The Labute approximate surface area is 339 Å². The number of allylic oxidation sites excluding steroid dienone is 1. The fourth-order valence-corrected chi connectivity index (χ4v) is 9.00. The Balaban J connectivity index is 0.00000408. The largest absolute Gasteiger partial charge is 0.0984 e. The van der Waals surface area contributed by atoms with Gasteiger partial charge < -0.3 is 0 Å². The highest BCUT2D eigenvalue weighted by Gasteiger charge is 2.10. The molecule has 0 saturated heterocycles. The fourth-order valence-electron chi connectivity index (χ4n) is 9.00. The molecule has 0 aliphatic rings. The van der Waals surface area contributed by atoms with E-state index in [0.717, 1.165) is 12.0 Å². The van der Waals surface area contributed by atoms with Gasteiger partial charge in [0.1, 0.15) is 0 Å². The van der Waals surface area contributed by atoms with Gasteiger partial charge in [-0.15, -0.1) is 0 Å². The molecule has 274 valence electrons. The van der Waals surface area contributed by atoms with Crippen molar-refractivity contribution in [1.29, 1.82) is 0 Å². The molecule has 58 heavy (non-hydrogen) atoms. The third-order valence-electron chi connectivity index (χ3n) is 12.0. The molecule has 0 fully saturated rings. The molecule has 0 radical (unpaired) electrons. The second-order valence-electron chi connectivity index (χ2n) is 15.3. The highest BCUT2D eigenvalue weighted by molar-refractivity contribution is 6.22. The molecule has 0 heteroatoms. The molecule has 0 atom stereocenters. The van der Waals surface area contributed by atoms with E-state index in [9.17, 15) is 0 Å². The van der Waals surface area contributed by atoms with Crippen LogP contribution in [-0.4, -0.2) is 0 Å². The van der Waals surface area contributed by atoms with E-state index in [1.165, 1.54) is 109 Å². The van der Waals surface area contributed by atoms with Crippen LogP contribution in [-0.2, 0) is 6.42 Å². The first-order valence-corrected chi connectivity index (χ1v) is 19.8. The monoisotopic (exact) mass is 738 g/mol. The molecule has 0 spiro atoms. The van der Waals surface area contributed by atoms with Crippen molar-refractivity contribution in [2.75, 3.05) is 0 Å². The summed E-state index contributed by atoms with van der Waals surface area (Å²) in [6, 6.07) is 69.6. The van der Waals surface area contributed by atoms with Gasteiger partial charge in [-0.05, 0) is 145 Å². The van der Waals surface area contributed by atoms with Crippen molar-refractivity contribution in [2.24, 2.45) is 0 Å². The zero-order valence-corrected chi connectivity index (χ0v) is 31.5. The molecule has 0 amide bonds. The third-order valence-corrected chi connectivity index (χ3v) is 12.0. The molecule has 0 aliphatic carbocycles. The first-order valence-electron chi connectivity index (χ1n) is 19.8. The molecule has 0 unspecified atom stereocenters. The molecule has 11 aromatic rings. The predicted molar refractivity (Wildman–Crippen MR) is 256 cm³/mol. The molecule has 0 heterocycles. The maximum absolute atomic E-state index is 4.11. The van der Waals surface area contributed by atoms with Gasteiger partial charge in [-0.25, -0.2) is 0 Å². The summed E-state index contributed by atoms with van der Waals surface area (Å²) < 4.78 is 0. The van der Waals surface area contributed by atoms with E-state index in [2.05, 4.69) is 207 Å². The summed E-state index contributed by atoms with van der Waals surface area (Å²) in [7, 11) is 0. The van der Waals surface area contributed by atoms with Gasteiger partial charge in [-0.3, -0.25) is 0 Å². The van der Waals surface area contributed by atoms with Crippen LogP contribution in [0.25, 0.3) is 110 Å². The minimum atomic E-state index is 0. The van der Waals surface area contributed by atoms with Gasteiger partial charge in [0.15, 0.2) is 0 Å². The first-order chi connectivity index (χ1) is 28.2. The number of rotatable bonds is 6. The summed E-state index contributed by atoms with van der Waals surface area (Å²) in [5, 5.41) is 18.0. The van der Waals surface area contributed by atoms with Gasteiger partial charge in [-0.1, -0.05) is 196 Å². The Hall–Kier alpha value is -7.28. The van der Waals surface area contributed by atoms with Crippen LogP contribution in [0.3, 0.4) is 0 Å². The maximum Gasteiger partial charge on any atom is -0.00939 e. The van der Waals surface area contributed by atoms with E-state index in [1.807, 2.05) is 6.08 Å². The average Bonchev–Trinajstić information content (AvgIpc) is 3.28. The van der Waals surface area contributed by atoms with E-state index >= 15 is 0 Å². The maximum atomic E-state index is 4.11. The zero-order chi connectivity index (χ0) is 37.9. The quantitative estimate of drug-likeness (QED) is 0.149. The molecule has 0 nitrogen and oxygen atoms in total.